The highest BCUT2D eigenvalue weighted by molar-refractivity contribution is 7.98. The van der Waals surface area contributed by atoms with Crippen LogP contribution >= 0.6 is 11.8 Å². The van der Waals surface area contributed by atoms with E-state index in [9.17, 15) is 4.79 Å². The first-order valence-corrected chi connectivity index (χ1v) is 11.7. The molecule has 1 aliphatic rings. The predicted octanol–water partition coefficient (Wildman–Crippen LogP) is 5.23. The van der Waals surface area contributed by atoms with Crippen molar-refractivity contribution in [3.05, 3.63) is 93.4 Å². The number of hydrogen-bond acceptors (Lipinski definition) is 5. The van der Waals surface area contributed by atoms with Crippen LogP contribution in [0, 0.1) is 6.92 Å². The van der Waals surface area contributed by atoms with Crippen LogP contribution in [0.4, 0.5) is 0 Å². The molecule has 0 amide bonds. The van der Waals surface area contributed by atoms with Crippen LogP contribution < -0.4 is 5.56 Å². The lowest BCUT2D eigenvalue weighted by Crippen LogP contribution is -2.33. The molecule has 3 heterocycles. The average Bonchev–Trinajstić information content (AvgIpc) is 2.78. The van der Waals surface area contributed by atoms with E-state index in [-0.39, 0.29) is 11.2 Å². The SMILES string of the molecule is Cc1ccccc1-n1c(SCc2ccccc2)nc2nc3c(cc2c1=O)COC(C)(C)C3. The Hall–Kier alpha value is -2.96. The number of fused-ring (bicyclic) bond motifs is 2. The van der Waals surface area contributed by atoms with Gasteiger partial charge in [-0.3, -0.25) is 9.36 Å². The summed E-state index contributed by atoms with van der Waals surface area (Å²) in [7, 11) is 0. The highest BCUT2D eigenvalue weighted by atomic mass is 32.2. The van der Waals surface area contributed by atoms with Crippen LogP contribution in [0.25, 0.3) is 16.7 Å². The Labute approximate surface area is 191 Å². The molecule has 0 fully saturated rings. The molecule has 0 unspecified atom stereocenters. The maximum atomic E-state index is 13.8. The largest absolute Gasteiger partial charge is 0.370 e. The van der Waals surface area contributed by atoms with E-state index >= 15 is 0 Å². The second kappa shape index (κ2) is 8.19. The normalized spacial score (nSPS) is 15.0. The highest BCUT2D eigenvalue weighted by Crippen LogP contribution is 2.30. The first-order chi connectivity index (χ1) is 15.4. The number of aryl methyl sites for hydroxylation is 1. The lowest BCUT2D eigenvalue weighted by atomic mass is 9.95. The Kier molecular flexibility index (Phi) is 5.35. The van der Waals surface area contributed by atoms with Crippen molar-refractivity contribution in [2.24, 2.45) is 0 Å². The number of rotatable bonds is 4. The minimum atomic E-state index is -0.269. The molecule has 4 aromatic rings. The summed E-state index contributed by atoms with van der Waals surface area (Å²) in [5, 5.41) is 1.18. The number of hydrogen-bond donors (Lipinski definition) is 0. The van der Waals surface area contributed by atoms with E-state index in [0.29, 0.717) is 29.2 Å². The number of benzene rings is 2. The molecular formula is C26H25N3O2S. The van der Waals surface area contributed by atoms with Gasteiger partial charge < -0.3 is 4.74 Å². The van der Waals surface area contributed by atoms with Crippen molar-refractivity contribution in [3.8, 4) is 5.69 Å². The minimum absolute atomic E-state index is 0.0972. The van der Waals surface area contributed by atoms with Crippen molar-refractivity contribution in [1.82, 2.24) is 14.5 Å². The van der Waals surface area contributed by atoms with Gasteiger partial charge >= 0.3 is 0 Å². The van der Waals surface area contributed by atoms with Gasteiger partial charge in [0.15, 0.2) is 10.8 Å². The summed E-state index contributed by atoms with van der Waals surface area (Å²) in [6.45, 7) is 6.59. The zero-order valence-electron chi connectivity index (χ0n) is 18.5. The maximum absolute atomic E-state index is 13.8. The van der Waals surface area contributed by atoms with E-state index in [2.05, 4.69) is 26.0 Å². The van der Waals surface area contributed by atoms with Gasteiger partial charge in [-0.1, -0.05) is 60.3 Å². The number of aromatic nitrogens is 3. The molecule has 6 heteroatoms. The van der Waals surface area contributed by atoms with Crippen LogP contribution in [0.2, 0.25) is 0 Å². The van der Waals surface area contributed by atoms with Crippen molar-refractivity contribution in [3.63, 3.8) is 0 Å². The molecule has 0 radical (unpaired) electrons. The Morgan fingerprint density at radius 2 is 1.81 bits per heavy atom. The fraction of sp³-hybridized carbons (Fsp3) is 0.269. The topological polar surface area (TPSA) is 57.0 Å². The molecule has 0 N–H and O–H groups in total. The summed E-state index contributed by atoms with van der Waals surface area (Å²) in [6, 6.07) is 20.0. The average molecular weight is 444 g/mol. The van der Waals surface area contributed by atoms with Crippen LogP contribution in [-0.2, 0) is 23.5 Å². The van der Waals surface area contributed by atoms with Crippen molar-refractivity contribution < 1.29 is 4.74 Å². The van der Waals surface area contributed by atoms with E-state index in [0.717, 1.165) is 28.3 Å². The molecular weight excluding hydrogens is 418 g/mol. The van der Waals surface area contributed by atoms with E-state index in [1.165, 1.54) is 5.56 Å². The summed E-state index contributed by atoms with van der Waals surface area (Å²) in [5.74, 6) is 0.719. The van der Waals surface area contributed by atoms with E-state index in [4.69, 9.17) is 14.7 Å². The van der Waals surface area contributed by atoms with Crippen LogP contribution in [-0.4, -0.2) is 20.1 Å². The van der Waals surface area contributed by atoms with Gasteiger partial charge in [0.2, 0.25) is 0 Å². The van der Waals surface area contributed by atoms with Crippen molar-refractivity contribution in [1.29, 1.82) is 0 Å². The molecule has 2 aromatic carbocycles. The predicted molar refractivity (Wildman–Crippen MR) is 128 cm³/mol. The van der Waals surface area contributed by atoms with Crippen molar-refractivity contribution in [2.45, 2.75) is 50.3 Å². The summed E-state index contributed by atoms with van der Waals surface area (Å²) in [6.07, 6.45) is 0.702. The van der Waals surface area contributed by atoms with Gasteiger partial charge in [0.25, 0.3) is 5.56 Å². The smallest absolute Gasteiger partial charge is 0.268 e. The summed E-state index contributed by atoms with van der Waals surface area (Å²) in [5.41, 5.74) is 5.12. The number of ether oxygens (including phenoxy) is 1. The highest BCUT2D eigenvalue weighted by Gasteiger charge is 2.28. The zero-order chi connectivity index (χ0) is 22.3. The van der Waals surface area contributed by atoms with Crippen LogP contribution in [0.5, 0.6) is 0 Å². The summed E-state index contributed by atoms with van der Waals surface area (Å²) >= 11 is 1.56. The Bertz CT molecular complexity index is 1360. The summed E-state index contributed by atoms with van der Waals surface area (Å²) < 4.78 is 7.68. The second-order valence-electron chi connectivity index (χ2n) is 8.79. The Morgan fingerprint density at radius 1 is 1.06 bits per heavy atom. The standard InChI is InChI=1S/C26H25N3O2S/c1-17-9-7-8-12-22(17)29-24(30)20-13-19-15-31-26(2,3)14-21(19)27-23(20)28-25(29)32-16-18-10-5-4-6-11-18/h4-13H,14-16H2,1-3H3. The Balaban J connectivity index is 1.69. The molecule has 5 rings (SSSR count). The molecule has 32 heavy (non-hydrogen) atoms. The lowest BCUT2D eigenvalue weighted by molar-refractivity contribution is -0.0411. The van der Waals surface area contributed by atoms with Gasteiger partial charge in [0.05, 0.1) is 29.0 Å². The monoisotopic (exact) mass is 443 g/mol. The van der Waals surface area contributed by atoms with Crippen LogP contribution in [0.1, 0.15) is 36.2 Å². The Morgan fingerprint density at radius 3 is 2.59 bits per heavy atom. The number of para-hydroxylation sites is 1. The fourth-order valence-corrected chi connectivity index (χ4v) is 4.97. The van der Waals surface area contributed by atoms with Gasteiger partial charge in [-0.15, -0.1) is 0 Å². The lowest BCUT2D eigenvalue weighted by Gasteiger charge is -2.31. The first-order valence-electron chi connectivity index (χ1n) is 10.7. The molecule has 2 aromatic heterocycles. The van der Waals surface area contributed by atoms with Gasteiger partial charge in [-0.25, -0.2) is 9.97 Å². The molecule has 0 saturated heterocycles. The zero-order valence-corrected chi connectivity index (χ0v) is 19.3. The van der Waals surface area contributed by atoms with E-state index < -0.39 is 0 Å². The quantitative estimate of drug-likeness (QED) is 0.319. The molecule has 0 atom stereocenters. The van der Waals surface area contributed by atoms with Crippen molar-refractivity contribution >= 4 is 22.8 Å². The third-order valence-electron chi connectivity index (χ3n) is 5.78. The number of thioether (sulfide) groups is 1. The van der Waals surface area contributed by atoms with Gasteiger partial charge in [-0.05, 0) is 44.0 Å². The first kappa shape index (κ1) is 20.9. The molecule has 0 saturated carbocycles. The van der Waals surface area contributed by atoms with Crippen LogP contribution in [0.3, 0.4) is 0 Å². The fourth-order valence-electron chi connectivity index (χ4n) is 4.02. The van der Waals surface area contributed by atoms with Gasteiger partial charge in [0, 0.05) is 17.7 Å². The molecule has 0 spiro atoms. The third kappa shape index (κ3) is 3.96. The van der Waals surface area contributed by atoms with Crippen molar-refractivity contribution in [2.75, 3.05) is 0 Å². The number of pyridine rings is 1. The van der Waals surface area contributed by atoms with Crippen LogP contribution in [0.15, 0.2) is 70.6 Å². The minimum Gasteiger partial charge on any atom is -0.370 e. The molecule has 1 aliphatic heterocycles. The van der Waals surface area contributed by atoms with E-state index in [1.807, 2.05) is 55.5 Å². The van der Waals surface area contributed by atoms with Gasteiger partial charge in [-0.2, -0.15) is 0 Å². The third-order valence-corrected chi connectivity index (χ3v) is 6.79. The summed E-state index contributed by atoms with van der Waals surface area (Å²) in [4.78, 5) is 23.5. The maximum Gasteiger partial charge on any atom is 0.268 e. The number of nitrogens with zero attached hydrogens (tertiary/aromatic N) is 3. The molecule has 5 nitrogen and oxygen atoms in total. The molecule has 0 aliphatic carbocycles. The van der Waals surface area contributed by atoms with Gasteiger partial charge in [0.1, 0.15) is 0 Å². The molecule has 0 bridgehead atoms. The molecule has 162 valence electrons. The second-order valence-corrected chi connectivity index (χ2v) is 9.73. The van der Waals surface area contributed by atoms with E-state index in [1.54, 1.807) is 16.3 Å².